The molecule has 0 saturated heterocycles. The van der Waals surface area contributed by atoms with Gasteiger partial charge in [0, 0.05) is 15.6 Å². The highest BCUT2D eigenvalue weighted by Crippen LogP contribution is 2.27. The van der Waals surface area contributed by atoms with E-state index in [9.17, 15) is 13.6 Å². The minimum atomic E-state index is -3.01. The molecule has 0 aliphatic carbocycles. The van der Waals surface area contributed by atoms with Crippen molar-refractivity contribution >= 4 is 33.3 Å². The van der Waals surface area contributed by atoms with Crippen molar-refractivity contribution in [2.24, 2.45) is 0 Å². The molecule has 2 nitrogen and oxygen atoms in total. The maximum absolute atomic E-state index is 13.9. The molecule has 0 heterocycles. The second-order valence-electron chi connectivity index (χ2n) is 3.82. The quantitative estimate of drug-likeness (QED) is 0.743. The summed E-state index contributed by atoms with van der Waals surface area (Å²) >= 11 is 9.08. The first-order chi connectivity index (χ1) is 10.6. The van der Waals surface area contributed by atoms with E-state index >= 15 is 0 Å². The Labute approximate surface area is 131 Å². The molecule has 0 aliphatic rings. The number of rotatable bonds is 3. The summed E-state index contributed by atoms with van der Waals surface area (Å²) in [5, 5.41) is 0.113. The zero-order valence-electron chi connectivity index (χ0n) is 12.7. The van der Waals surface area contributed by atoms with Crippen LogP contribution < -0.4 is 4.74 Å². The SMILES string of the molecule is [2H]C([2H])([2H])Oc1c(F)cc(C(=O)c2cc(Br)ccc2Cl)cc1F. The first-order valence-electron chi connectivity index (χ1n) is 6.76. The van der Waals surface area contributed by atoms with Crippen LogP contribution in [0, 0.1) is 11.6 Å². The first-order valence-corrected chi connectivity index (χ1v) is 6.43. The lowest BCUT2D eigenvalue weighted by atomic mass is 10.0. The molecule has 20 heavy (non-hydrogen) atoms. The summed E-state index contributed by atoms with van der Waals surface area (Å²) < 4.78 is 53.2. The molecule has 6 heteroatoms. The van der Waals surface area contributed by atoms with Crippen LogP contribution in [0.15, 0.2) is 34.8 Å². The van der Waals surface area contributed by atoms with E-state index in [0.29, 0.717) is 16.6 Å². The molecule has 0 N–H and O–H groups in total. The van der Waals surface area contributed by atoms with E-state index in [1.54, 1.807) is 6.07 Å². The largest absolute Gasteiger partial charge is 0.491 e. The van der Waals surface area contributed by atoms with Gasteiger partial charge in [0.2, 0.25) is 0 Å². The Kier molecular flexibility index (Phi) is 3.31. The number of methoxy groups -OCH3 is 1. The minimum Gasteiger partial charge on any atom is -0.491 e. The molecule has 0 atom stereocenters. The van der Waals surface area contributed by atoms with Gasteiger partial charge in [-0.25, -0.2) is 8.78 Å². The fourth-order valence-electron chi connectivity index (χ4n) is 1.62. The third-order valence-corrected chi connectivity index (χ3v) is 3.36. The molecule has 0 saturated carbocycles. The molecule has 0 fully saturated rings. The summed E-state index contributed by atoms with van der Waals surface area (Å²) in [4.78, 5) is 12.3. The maximum atomic E-state index is 13.9. The smallest absolute Gasteiger partial charge is 0.194 e. The predicted molar refractivity (Wildman–Crippen MR) is 75.5 cm³/mol. The van der Waals surface area contributed by atoms with E-state index in [2.05, 4.69) is 20.7 Å². The highest BCUT2D eigenvalue weighted by atomic mass is 79.9. The van der Waals surface area contributed by atoms with E-state index in [4.69, 9.17) is 15.7 Å². The molecule has 2 rings (SSSR count). The van der Waals surface area contributed by atoms with Crippen LogP contribution >= 0.6 is 27.5 Å². The lowest BCUT2D eigenvalue weighted by molar-refractivity contribution is 0.103. The summed E-state index contributed by atoms with van der Waals surface area (Å²) in [6.45, 7) is 0. The minimum absolute atomic E-state index is 0.0457. The second-order valence-corrected chi connectivity index (χ2v) is 5.15. The average molecular weight is 365 g/mol. The lowest BCUT2D eigenvalue weighted by Crippen LogP contribution is -2.05. The van der Waals surface area contributed by atoms with E-state index < -0.39 is 30.2 Å². The van der Waals surface area contributed by atoms with Crippen LogP contribution in [0.4, 0.5) is 8.78 Å². The van der Waals surface area contributed by atoms with Crippen molar-refractivity contribution in [3.05, 3.63) is 62.6 Å². The van der Waals surface area contributed by atoms with Gasteiger partial charge in [-0.3, -0.25) is 4.79 Å². The Bertz CT molecular complexity index is 758. The van der Waals surface area contributed by atoms with Crippen LogP contribution in [0.3, 0.4) is 0 Å². The van der Waals surface area contributed by atoms with Crippen LogP contribution in [0.2, 0.25) is 5.02 Å². The Morgan fingerprint density at radius 2 is 1.95 bits per heavy atom. The van der Waals surface area contributed by atoms with Gasteiger partial charge < -0.3 is 4.74 Å². The number of ketones is 1. The van der Waals surface area contributed by atoms with Gasteiger partial charge in [-0.1, -0.05) is 27.5 Å². The summed E-state index contributed by atoms with van der Waals surface area (Å²) in [7, 11) is -3.01. The molecular weight excluding hydrogens is 354 g/mol. The maximum Gasteiger partial charge on any atom is 0.194 e. The molecule has 0 radical (unpaired) electrons. The second kappa shape index (κ2) is 5.89. The monoisotopic (exact) mass is 363 g/mol. The van der Waals surface area contributed by atoms with Gasteiger partial charge in [0.05, 0.1) is 16.2 Å². The first kappa shape index (κ1) is 11.2. The van der Waals surface area contributed by atoms with Crippen LogP contribution in [-0.4, -0.2) is 12.8 Å². The van der Waals surface area contributed by atoms with Crippen molar-refractivity contribution < 1.29 is 22.4 Å². The molecular formula is C14H8BrClF2O2. The fraction of sp³-hybridized carbons (Fsp3) is 0.0714. The number of halogens is 4. The molecule has 0 unspecified atom stereocenters. The number of benzene rings is 2. The summed E-state index contributed by atoms with van der Waals surface area (Å²) in [6.07, 6.45) is 0. The Morgan fingerprint density at radius 1 is 1.30 bits per heavy atom. The van der Waals surface area contributed by atoms with E-state index in [1.807, 2.05) is 0 Å². The lowest BCUT2D eigenvalue weighted by Gasteiger charge is -2.08. The van der Waals surface area contributed by atoms with E-state index in [1.165, 1.54) is 12.1 Å². The van der Waals surface area contributed by atoms with Gasteiger partial charge in [-0.2, -0.15) is 0 Å². The summed E-state index contributed by atoms with van der Waals surface area (Å²) in [5.41, 5.74) is -0.276. The number of ether oxygens (including phenoxy) is 1. The van der Waals surface area contributed by atoms with Crippen molar-refractivity contribution in [1.29, 1.82) is 0 Å². The molecule has 2 aromatic rings. The van der Waals surface area contributed by atoms with Gasteiger partial charge in [0.1, 0.15) is 0 Å². The van der Waals surface area contributed by atoms with Crippen LogP contribution in [0.25, 0.3) is 0 Å². The van der Waals surface area contributed by atoms with E-state index in [-0.39, 0.29) is 16.1 Å². The van der Waals surface area contributed by atoms with Gasteiger partial charge >= 0.3 is 0 Å². The average Bonchev–Trinajstić information content (AvgIpc) is 2.43. The molecule has 0 spiro atoms. The van der Waals surface area contributed by atoms with E-state index in [0.717, 1.165) is 0 Å². The van der Waals surface area contributed by atoms with Crippen LogP contribution in [-0.2, 0) is 0 Å². The van der Waals surface area contributed by atoms with Crippen LogP contribution in [0.5, 0.6) is 5.75 Å². The summed E-state index contributed by atoms with van der Waals surface area (Å²) in [6, 6.07) is 5.87. The Morgan fingerprint density at radius 3 is 2.55 bits per heavy atom. The number of hydrogen-bond donors (Lipinski definition) is 0. The highest BCUT2D eigenvalue weighted by molar-refractivity contribution is 9.10. The molecule has 0 aromatic heterocycles. The van der Waals surface area contributed by atoms with Crippen molar-refractivity contribution in [2.45, 2.75) is 0 Å². The molecule has 0 bridgehead atoms. The van der Waals surface area contributed by atoms with Crippen molar-refractivity contribution in [1.82, 2.24) is 0 Å². The van der Waals surface area contributed by atoms with Crippen molar-refractivity contribution in [3.63, 3.8) is 0 Å². The van der Waals surface area contributed by atoms with Crippen molar-refractivity contribution in [3.8, 4) is 5.75 Å². The highest BCUT2D eigenvalue weighted by Gasteiger charge is 2.18. The third-order valence-electron chi connectivity index (χ3n) is 2.54. The van der Waals surface area contributed by atoms with Gasteiger partial charge in [0.25, 0.3) is 0 Å². The predicted octanol–water partition coefficient (Wildman–Crippen LogP) is 4.62. The standard InChI is InChI=1S/C14H8BrClF2O2/c1-20-14-11(17)4-7(5-12(14)18)13(19)9-6-8(15)2-3-10(9)16/h2-6H,1H3/i1D3. The number of hydrogen-bond acceptors (Lipinski definition) is 2. The van der Waals surface area contributed by atoms with Crippen LogP contribution in [0.1, 0.15) is 20.0 Å². The van der Waals surface area contributed by atoms with Gasteiger partial charge in [-0.05, 0) is 30.3 Å². The molecule has 2 aromatic carbocycles. The topological polar surface area (TPSA) is 26.3 Å². The summed E-state index contributed by atoms with van der Waals surface area (Å²) in [5.74, 6) is -4.37. The number of carbonyl (C=O) groups is 1. The van der Waals surface area contributed by atoms with Gasteiger partial charge in [-0.15, -0.1) is 0 Å². The van der Waals surface area contributed by atoms with Crippen molar-refractivity contribution in [2.75, 3.05) is 7.04 Å². The molecule has 0 amide bonds. The zero-order valence-corrected chi connectivity index (χ0v) is 12.1. The Hall–Kier alpha value is -1.46. The third kappa shape index (κ3) is 2.83. The number of carbonyl (C=O) groups excluding carboxylic acids is 1. The molecule has 104 valence electrons. The van der Waals surface area contributed by atoms with Gasteiger partial charge in [0.15, 0.2) is 23.2 Å². The fourth-order valence-corrected chi connectivity index (χ4v) is 2.18. The normalized spacial score (nSPS) is 13.3. The zero-order chi connectivity index (χ0) is 17.4. The molecule has 0 aliphatic heterocycles. The Balaban J connectivity index is 2.45.